The molecule has 1 N–H and O–H groups in total. The van der Waals surface area contributed by atoms with Gasteiger partial charge in [0, 0.05) is 44.5 Å². The zero-order valence-electron chi connectivity index (χ0n) is 21.8. The van der Waals surface area contributed by atoms with E-state index in [9.17, 15) is 22.4 Å². The second kappa shape index (κ2) is 11.6. The number of nitrogens with zero attached hydrogens (tertiary/aromatic N) is 3. The molecule has 4 rings (SSSR count). The molecule has 2 aliphatic rings. The first-order valence-electron chi connectivity index (χ1n) is 12.7. The Bertz CT molecular complexity index is 1320. The summed E-state index contributed by atoms with van der Waals surface area (Å²) in [4.78, 5) is 30.1. The first kappa shape index (κ1) is 27.7. The van der Waals surface area contributed by atoms with Crippen LogP contribution in [-0.4, -0.2) is 79.9 Å². The van der Waals surface area contributed by atoms with E-state index in [1.165, 1.54) is 27.4 Å². The Hall–Kier alpha value is -3.28. The molecule has 2 aromatic rings. The standard InChI is InChI=1S/C27H33FN4O5S/c1-4-31-23(18-30-14-15-32(19(3)17-30)38(35,36)22-12-7-6-8-13-22)24(26(33)37-5-2)25(29-27(31)34)20-10-9-11-21(28)16-20/h6-13,16,19,25H,4-5,14-15,17-18H2,1-3H3,(H,29,34)/t19-,25-/m0/s1. The highest BCUT2D eigenvalue weighted by Crippen LogP contribution is 2.33. The van der Waals surface area contributed by atoms with Gasteiger partial charge in [0.1, 0.15) is 5.82 Å². The molecule has 11 heteroatoms. The minimum Gasteiger partial charge on any atom is -0.463 e. The molecule has 0 unspecified atom stereocenters. The molecule has 1 fully saturated rings. The average Bonchev–Trinajstić information content (AvgIpc) is 2.89. The largest absolute Gasteiger partial charge is 0.463 e. The van der Waals surface area contributed by atoms with Crippen molar-refractivity contribution in [2.24, 2.45) is 0 Å². The van der Waals surface area contributed by atoms with Gasteiger partial charge in [-0.05, 0) is 50.6 Å². The fourth-order valence-electron chi connectivity index (χ4n) is 5.05. The fourth-order valence-corrected chi connectivity index (χ4v) is 6.68. The molecule has 0 spiro atoms. The summed E-state index contributed by atoms with van der Waals surface area (Å²) >= 11 is 0. The summed E-state index contributed by atoms with van der Waals surface area (Å²) in [5.41, 5.74) is 1.14. The first-order valence-corrected chi connectivity index (χ1v) is 14.1. The van der Waals surface area contributed by atoms with E-state index in [1.807, 2.05) is 11.8 Å². The third-order valence-electron chi connectivity index (χ3n) is 6.81. The lowest BCUT2D eigenvalue weighted by molar-refractivity contribution is -0.139. The lowest BCUT2D eigenvalue weighted by atomic mass is 9.94. The molecule has 0 aromatic heterocycles. The molecular weight excluding hydrogens is 511 g/mol. The summed E-state index contributed by atoms with van der Waals surface area (Å²) in [5.74, 6) is -1.07. The normalized spacial score (nSPS) is 21.4. The Kier molecular flexibility index (Phi) is 8.49. The van der Waals surface area contributed by atoms with Crippen LogP contribution in [-0.2, 0) is 19.6 Å². The van der Waals surface area contributed by atoms with Gasteiger partial charge in [-0.2, -0.15) is 4.31 Å². The SMILES string of the molecule is CCOC(=O)C1=C(CN2CCN(S(=O)(=O)c3ccccc3)[C@@H](C)C2)N(CC)C(=O)N[C@H]1c1cccc(F)c1. The summed E-state index contributed by atoms with van der Waals surface area (Å²) in [6.07, 6.45) is 0. The van der Waals surface area contributed by atoms with Gasteiger partial charge in [0.15, 0.2) is 0 Å². The molecule has 0 radical (unpaired) electrons. The number of likely N-dealkylation sites (N-methyl/N-ethyl adjacent to an activating group) is 1. The van der Waals surface area contributed by atoms with Crippen molar-refractivity contribution in [1.82, 2.24) is 19.4 Å². The quantitative estimate of drug-likeness (QED) is 0.513. The molecule has 2 atom stereocenters. The number of carbonyl (C=O) groups excluding carboxylic acids is 2. The van der Waals surface area contributed by atoms with Gasteiger partial charge >= 0.3 is 12.0 Å². The predicted octanol–water partition coefficient (Wildman–Crippen LogP) is 3.12. The van der Waals surface area contributed by atoms with Gasteiger partial charge in [0.2, 0.25) is 10.0 Å². The fraction of sp³-hybridized carbons (Fsp3) is 0.407. The van der Waals surface area contributed by atoms with Gasteiger partial charge in [0.05, 0.1) is 23.1 Å². The first-order chi connectivity index (χ1) is 18.2. The van der Waals surface area contributed by atoms with Crippen LogP contribution in [0.3, 0.4) is 0 Å². The molecule has 2 aromatic carbocycles. The van der Waals surface area contributed by atoms with Crippen LogP contribution in [0.25, 0.3) is 0 Å². The number of urea groups is 1. The lowest BCUT2D eigenvalue weighted by Gasteiger charge is -2.42. The Labute approximate surface area is 222 Å². The number of carbonyl (C=O) groups is 2. The van der Waals surface area contributed by atoms with Crippen LogP contribution in [0.5, 0.6) is 0 Å². The number of hydrogen-bond acceptors (Lipinski definition) is 6. The van der Waals surface area contributed by atoms with Crippen LogP contribution in [0, 0.1) is 5.82 Å². The van der Waals surface area contributed by atoms with Crippen molar-refractivity contribution in [3.8, 4) is 0 Å². The summed E-state index contributed by atoms with van der Waals surface area (Å²) in [7, 11) is -3.66. The highest BCUT2D eigenvalue weighted by Gasteiger charge is 2.40. The number of hydrogen-bond donors (Lipinski definition) is 1. The average molecular weight is 545 g/mol. The number of sulfonamides is 1. The Balaban J connectivity index is 1.66. The van der Waals surface area contributed by atoms with E-state index in [4.69, 9.17) is 4.74 Å². The van der Waals surface area contributed by atoms with Crippen molar-refractivity contribution in [2.75, 3.05) is 39.3 Å². The number of benzene rings is 2. The van der Waals surface area contributed by atoms with Gasteiger partial charge in [-0.15, -0.1) is 0 Å². The molecule has 0 aliphatic carbocycles. The highest BCUT2D eigenvalue weighted by atomic mass is 32.2. The molecule has 204 valence electrons. The minimum absolute atomic E-state index is 0.138. The van der Waals surface area contributed by atoms with Gasteiger partial charge in [0.25, 0.3) is 0 Å². The maximum atomic E-state index is 14.1. The number of piperazine rings is 1. The van der Waals surface area contributed by atoms with E-state index in [-0.39, 0.29) is 36.2 Å². The van der Waals surface area contributed by atoms with Crippen LogP contribution >= 0.6 is 0 Å². The van der Waals surface area contributed by atoms with E-state index < -0.39 is 33.9 Å². The second-order valence-electron chi connectivity index (χ2n) is 9.28. The Morgan fingerprint density at radius 3 is 2.47 bits per heavy atom. The van der Waals surface area contributed by atoms with Crippen molar-refractivity contribution < 1.29 is 27.1 Å². The second-order valence-corrected chi connectivity index (χ2v) is 11.2. The van der Waals surface area contributed by atoms with Gasteiger partial charge < -0.3 is 10.1 Å². The van der Waals surface area contributed by atoms with Crippen LogP contribution in [0.4, 0.5) is 9.18 Å². The molecule has 0 bridgehead atoms. The third-order valence-corrected chi connectivity index (χ3v) is 8.83. The molecule has 2 aliphatic heterocycles. The van der Waals surface area contributed by atoms with Crippen LogP contribution in [0.1, 0.15) is 32.4 Å². The van der Waals surface area contributed by atoms with E-state index in [1.54, 1.807) is 50.2 Å². The van der Waals surface area contributed by atoms with E-state index >= 15 is 0 Å². The molecule has 9 nitrogen and oxygen atoms in total. The maximum absolute atomic E-state index is 14.1. The van der Waals surface area contributed by atoms with Crippen molar-refractivity contribution in [3.63, 3.8) is 0 Å². The maximum Gasteiger partial charge on any atom is 0.338 e. The van der Waals surface area contributed by atoms with Crippen LogP contribution < -0.4 is 5.32 Å². The molecule has 2 amide bonds. The summed E-state index contributed by atoms with van der Waals surface area (Å²) in [5, 5.41) is 2.83. The number of nitrogens with one attached hydrogen (secondary N) is 1. The number of amides is 2. The van der Waals surface area contributed by atoms with E-state index in [0.717, 1.165) is 0 Å². The highest BCUT2D eigenvalue weighted by molar-refractivity contribution is 7.89. The number of esters is 1. The van der Waals surface area contributed by atoms with Crippen LogP contribution in [0.15, 0.2) is 70.8 Å². The van der Waals surface area contributed by atoms with Gasteiger partial charge in [-0.25, -0.2) is 22.4 Å². The Morgan fingerprint density at radius 1 is 1.11 bits per heavy atom. The summed E-state index contributed by atoms with van der Waals surface area (Å²) in [6, 6.07) is 12.5. The molecule has 38 heavy (non-hydrogen) atoms. The minimum atomic E-state index is -3.66. The number of rotatable bonds is 8. The molecule has 2 heterocycles. The zero-order chi connectivity index (χ0) is 27.4. The predicted molar refractivity (Wildman–Crippen MR) is 140 cm³/mol. The molecular formula is C27H33FN4O5S. The van der Waals surface area contributed by atoms with Crippen molar-refractivity contribution in [3.05, 3.63) is 77.2 Å². The van der Waals surface area contributed by atoms with Crippen molar-refractivity contribution in [1.29, 1.82) is 0 Å². The Morgan fingerprint density at radius 2 is 1.84 bits per heavy atom. The van der Waals surface area contributed by atoms with E-state index in [0.29, 0.717) is 30.9 Å². The summed E-state index contributed by atoms with van der Waals surface area (Å²) in [6.45, 7) is 7.07. The van der Waals surface area contributed by atoms with Crippen molar-refractivity contribution in [2.45, 2.75) is 37.8 Å². The molecule has 0 saturated carbocycles. The number of halogens is 1. The van der Waals surface area contributed by atoms with E-state index in [2.05, 4.69) is 5.32 Å². The topological polar surface area (TPSA) is 99.3 Å². The van der Waals surface area contributed by atoms with Gasteiger partial charge in [-0.3, -0.25) is 9.80 Å². The monoisotopic (exact) mass is 544 g/mol. The third kappa shape index (κ3) is 5.59. The number of ether oxygens (including phenoxy) is 1. The summed E-state index contributed by atoms with van der Waals surface area (Å²) < 4.78 is 47.4. The zero-order valence-corrected chi connectivity index (χ0v) is 22.6. The van der Waals surface area contributed by atoms with Crippen molar-refractivity contribution >= 4 is 22.0 Å². The van der Waals surface area contributed by atoms with Crippen LogP contribution in [0.2, 0.25) is 0 Å². The van der Waals surface area contributed by atoms with Gasteiger partial charge in [-0.1, -0.05) is 30.3 Å². The lowest BCUT2D eigenvalue weighted by Crippen LogP contribution is -2.56. The molecule has 1 saturated heterocycles. The smallest absolute Gasteiger partial charge is 0.338 e.